The quantitative estimate of drug-likeness (QED) is 0.379. The number of nitrogens with two attached hydrogens (primary N) is 1. The number of sulfone groups is 1. The summed E-state index contributed by atoms with van der Waals surface area (Å²) in [6.07, 6.45) is 0.509. The molecule has 1 aliphatic heterocycles. The highest BCUT2D eigenvalue weighted by molar-refractivity contribution is 7.91. The molecule has 1 saturated heterocycles. The summed E-state index contributed by atoms with van der Waals surface area (Å²) < 4.78 is 24.6. The Hall–Kier alpha value is -3.35. The van der Waals surface area contributed by atoms with Crippen LogP contribution in [-0.2, 0) is 19.4 Å². The van der Waals surface area contributed by atoms with E-state index < -0.39 is 15.8 Å². The summed E-state index contributed by atoms with van der Waals surface area (Å²) in [4.78, 5) is 36.5. The molecule has 186 valence electrons. The molecule has 0 aliphatic carbocycles. The number of hydrogen-bond acceptors (Lipinski definition) is 9. The molecule has 0 atom stereocenters. The minimum Gasteiger partial charge on any atom is -0.375 e. The summed E-state index contributed by atoms with van der Waals surface area (Å²) in [6, 6.07) is 12.6. The highest BCUT2D eigenvalue weighted by Gasteiger charge is 2.33. The third kappa shape index (κ3) is 5.40. The smallest absolute Gasteiger partial charge is 0.244 e. The van der Waals surface area contributed by atoms with E-state index in [1.54, 1.807) is 23.7 Å². The highest BCUT2D eigenvalue weighted by Crippen LogP contribution is 2.29. The second kappa shape index (κ2) is 9.96. The Morgan fingerprint density at radius 3 is 2.53 bits per heavy atom. The van der Waals surface area contributed by atoms with Crippen molar-refractivity contribution in [3.8, 4) is 11.3 Å². The van der Waals surface area contributed by atoms with Crippen molar-refractivity contribution in [3.05, 3.63) is 53.4 Å². The average molecular weight is 542 g/mol. The van der Waals surface area contributed by atoms with Crippen molar-refractivity contribution in [2.24, 2.45) is 5.92 Å². The molecule has 9 nitrogen and oxygen atoms in total. The van der Waals surface area contributed by atoms with E-state index in [4.69, 9.17) is 5.73 Å². The largest absolute Gasteiger partial charge is 0.375 e. The first kappa shape index (κ1) is 24.3. The molecule has 0 bridgehead atoms. The van der Waals surface area contributed by atoms with Crippen molar-refractivity contribution in [3.63, 3.8) is 0 Å². The Morgan fingerprint density at radius 2 is 1.83 bits per heavy atom. The molecule has 5 rings (SSSR count). The second-order valence-electron chi connectivity index (χ2n) is 8.55. The van der Waals surface area contributed by atoms with Gasteiger partial charge in [-0.3, -0.25) is 9.59 Å². The zero-order valence-electron chi connectivity index (χ0n) is 19.1. The Labute approximate surface area is 215 Å². The van der Waals surface area contributed by atoms with Crippen LogP contribution in [0.3, 0.4) is 0 Å². The number of fused-ring (bicyclic) bond motifs is 1. The van der Waals surface area contributed by atoms with Gasteiger partial charge in [-0.15, -0.1) is 22.7 Å². The van der Waals surface area contributed by atoms with Crippen LogP contribution in [0.2, 0.25) is 0 Å². The molecular formula is C24H23N5O4S3. The van der Waals surface area contributed by atoms with Crippen LogP contribution in [0.4, 0.5) is 16.5 Å². The van der Waals surface area contributed by atoms with E-state index in [1.807, 2.05) is 29.6 Å². The fourth-order valence-electron chi connectivity index (χ4n) is 4.15. The van der Waals surface area contributed by atoms with Gasteiger partial charge in [0.05, 0.1) is 32.9 Å². The van der Waals surface area contributed by atoms with Crippen molar-refractivity contribution in [1.29, 1.82) is 0 Å². The standard InChI is InChI=1S/C24H23N5O4S3/c25-24-28-20(13-34-24)15-1-3-17(4-2-15)27-22(30)12-29(18-5-6-19-21(11-18)35-14-26-19)23(31)16-7-9-36(32,33)10-8-16/h1-6,11,13-14,16H,7-10,12H2,(H2,25,28)(H,27,30). The zero-order valence-corrected chi connectivity index (χ0v) is 21.5. The molecule has 0 saturated carbocycles. The predicted molar refractivity (Wildman–Crippen MR) is 144 cm³/mol. The number of carbonyl (C=O) groups excluding carboxylic acids is 2. The van der Waals surface area contributed by atoms with Crippen molar-refractivity contribution >= 4 is 71.0 Å². The number of amides is 2. The number of thiazole rings is 2. The van der Waals surface area contributed by atoms with Gasteiger partial charge in [-0.05, 0) is 43.2 Å². The lowest BCUT2D eigenvalue weighted by Crippen LogP contribution is -2.43. The van der Waals surface area contributed by atoms with Crippen LogP contribution in [0.25, 0.3) is 21.5 Å². The van der Waals surface area contributed by atoms with E-state index in [1.165, 1.54) is 27.6 Å². The van der Waals surface area contributed by atoms with Gasteiger partial charge in [0, 0.05) is 28.2 Å². The van der Waals surface area contributed by atoms with Gasteiger partial charge in [-0.25, -0.2) is 18.4 Å². The normalized spacial score (nSPS) is 15.6. The summed E-state index contributed by atoms with van der Waals surface area (Å²) in [5.41, 5.74) is 11.1. The number of aromatic nitrogens is 2. The van der Waals surface area contributed by atoms with Crippen molar-refractivity contribution in [1.82, 2.24) is 9.97 Å². The molecule has 4 aromatic rings. The molecule has 0 unspecified atom stereocenters. The van der Waals surface area contributed by atoms with Crippen molar-refractivity contribution in [2.75, 3.05) is 34.0 Å². The third-order valence-corrected chi connectivity index (χ3v) is 9.27. The van der Waals surface area contributed by atoms with Crippen LogP contribution in [0.5, 0.6) is 0 Å². The maximum atomic E-state index is 13.5. The number of nitrogens with one attached hydrogen (secondary N) is 1. The Morgan fingerprint density at radius 1 is 1.08 bits per heavy atom. The number of hydrogen-bond donors (Lipinski definition) is 2. The average Bonchev–Trinajstić information content (AvgIpc) is 3.51. The zero-order chi connectivity index (χ0) is 25.3. The van der Waals surface area contributed by atoms with Gasteiger partial charge in [-0.1, -0.05) is 12.1 Å². The molecule has 12 heteroatoms. The molecular weight excluding hydrogens is 518 g/mol. The van der Waals surface area contributed by atoms with Crippen molar-refractivity contribution in [2.45, 2.75) is 12.8 Å². The number of anilines is 3. The van der Waals surface area contributed by atoms with E-state index >= 15 is 0 Å². The van der Waals surface area contributed by atoms with Gasteiger partial charge in [0.1, 0.15) is 16.4 Å². The van der Waals surface area contributed by atoms with E-state index in [9.17, 15) is 18.0 Å². The number of rotatable bonds is 6. The first-order valence-corrected chi connectivity index (χ1v) is 14.8. The summed E-state index contributed by atoms with van der Waals surface area (Å²) in [7, 11) is -3.11. The SMILES string of the molecule is Nc1nc(-c2ccc(NC(=O)CN(C(=O)C3CCS(=O)(=O)CC3)c3ccc4ncsc4c3)cc2)cs1. The summed E-state index contributed by atoms with van der Waals surface area (Å²) in [5.74, 6) is -1.10. The van der Waals surface area contributed by atoms with Crippen molar-refractivity contribution < 1.29 is 18.0 Å². The lowest BCUT2D eigenvalue weighted by molar-refractivity contribution is -0.124. The maximum Gasteiger partial charge on any atom is 0.244 e. The van der Waals surface area contributed by atoms with E-state index in [2.05, 4.69) is 15.3 Å². The first-order valence-electron chi connectivity index (χ1n) is 11.2. The predicted octanol–water partition coefficient (Wildman–Crippen LogP) is 3.80. The molecule has 2 amide bonds. The Bertz CT molecular complexity index is 1510. The van der Waals surface area contributed by atoms with Gasteiger partial charge >= 0.3 is 0 Å². The summed E-state index contributed by atoms with van der Waals surface area (Å²) >= 11 is 2.80. The summed E-state index contributed by atoms with van der Waals surface area (Å²) in [5, 5.41) is 5.20. The molecule has 2 aromatic heterocycles. The van der Waals surface area contributed by atoms with Crippen LogP contribution in [0, 0.1) is 5.92 Å². The van der Waals surface area contributed by atoms with Gasteiger partial charge < -0.3 is 16.0 Å². The van der Waals surface area contributed by atoms with Gasteiger partial charge in [-0.2, -0.15) is 0 Å². The second-order valence-corrected chi connectivity index (χ2v) is 12.6. The fraction of sp³-hybridized carbons (Fsp3) is 0.250. The van der Waals surface area contributed by atoms with Gasteiger partial charge in [0.15, 0.2) is 5.13 Å². The molecule has 36 heavy (non-hydrogen) atoms. The number of carbonyl (C=O) groups is 2. The number of benzene rings is 2. The summed E-state index contributed by atoms with van der Waals surface area (Å²) in [6.45, 7) is -0.198. The topological polar surface area (TPSA) is 135 Å². The highest BCUT2D eigenvalue weighted by atomic mass is 32.2. The first-order chi connectivity index (χ1) is 17.3. The monoisotopic (exact) mass is 541 g/mol. The molecule has 3 heterocycles. The van der Waals surface area contributed by atoms with Gasteiger partial charge in [0.2, 0.25) is 11.8 Å². The third-order valence-electron chi connectivity index (χ3n) is 6.08. The van der Waals surface area contributed by atoms with E-state index in [0.717, 1.165) is 21.5 Å². The fourth-order valence-corrected chi connectivity index (χ4v) is 6.93. The van der Waals surface area contributed by atoms with E-state index in [-0.39, 0.29) is 42.7 Å². The molecule has 0 spiro atoms. The Balaban J connectivity index is 1.34. The van der Waals surface area contributed by atoms with Crippen LogP contribution >= 0.6 is 22.7 Å². The number of nitrogens with zero attached hydrogens (tertiary/aromatic N) is 3. The van der Waals surface area contributed by atoms with Crippen LogP contribution in [0.1, 0.15) is 12.8 Å². The number of nitrogen functional groups attached to an aromatic ring is 1. The molecule has 1 aliphatic rings. The molecule has 3 N–H and O–H groups in total. The molecule has 0 radical (unpaired) electrons. The molecule has 1 fully saturated rings. The van der Waals surface area contributed by atoms with Crippen LogP contribution < -0.4 is 16.0 Å². The van der Waals surface area contributed by atoms with Crippen LogP contribution in [-0.4, -0.2) is 48.3 Å². The van der Waals surface area contributed by atoms with Gasteiger partial charge in [0.25, 0.3) is 0 Å². The van der Waals surface area contributed by atoms with Crippen LogP contribution in [0.15, 0.2) is 53.4 Å². The molecule has 2 aromatic carbocycles. The lowest BCUT2D eigenvalue weighted by atomic mass is 10.0. The minimum atomic E-state index is -3.11. The minimum absolute atomic E-state index is 0.0195. The maximum absolute atomic E-state index is 13.5. The lowest BCUT2D eigenvalue weighted by Gasteiger charge is -2.29. The van der Waals surface area contributed by atoms with E-state index in [0.29, 0.717) is 16.5 Å². The Kier molecular flexibility index (Phi) is 6.73.